The molecule has 0 bridgehead atoms. The van der Waals surface area contributed by atoms with E-state index in [2.05, 4.69) is 15.1 Å². The molecule has 0 aliphatic heterocycles. The first kappa shape index (κ1) is 29.7. The molecule has 1 fully saturated rings. The molecule has 0 atom stereocenters. The molecular weight excluding hydrogens is 553 g/mol. The summed E-state index contributed by atoms with van der Waals surface area (Å²) in [5.41, 5.74) is -1.65. The van der Waals surface area contributed by atoms with E-state index >= 15 is 0 Å². The molecule has 1 saturated carbocycles. The third-order valence-corrected chi connectivity index (χ3v) is 7.11. The van der Waals surface area contributed by atoms with Gasteiger partial charge >= 0.3 is 12.1 Å². The standard InChI is InChI=1S/C27H26F5N5O4/c1-14-23(15(2)34-13-33-14)22(38)12-36(11-16-7-18(28)9-19(29)8-16)25(39)21-10-35-37(24(21)27(30,31)32)20-5-3-17(4-6-20)26(40)41/h7-10,13,17,20H,3-6,11-12H2,1-2H3,(H,40,41)/t17-,20-. The Balaban J connectivity index is 1.73. The minimum Gasteiger partial charge on any atom is -0.481 e. The number of alkyl halides is 3. The lowest BCUT2D eigenvalue weighted by molar-refractivity contribution is -0.147. The van der Waals surface area contributed by atoms with Crippen LogP contribution in [0.4, 0.5) is 22.0 Å². The zero-order valence-electron chi connectivity index (χ0n) is 22.1. The second-order valence-corrected chi connectivity index (χ2v) is 9.97. The van der Waals surface area contributed by atoms with E-state index in [1.54, 1.807) is 0 Å². The van der Waals surface area contributed by atoms with Crippen molar-refractivity contribution in [1.82, 2.24) is 24.6 Å². The maximum Gasteiger partial charge on any atom is 0.433 e. The number of hydrogen-bond donors (Lipinski definition) is 1. The van der Waals surface area contributed by atoms with E-state index in [0.29, 0.717) is 10.7 Å². The van der Waals surface area contributed by atoms with Gasteiger partial charge in [0.05, 0.1) is 47.2 Å². The number of ketones is 1. The Morgan fingerprint density at radius 1 is 1.00 bits per heavy atom. The summed E-state index contributed by atoms with van der Waals surface area (Å²) in [7, 11) is 0. The quantitative estimate of drug-likeness (QED) is 0.297. The van der Waals surface area contributed by atoms with Gasteiger partial charge in [-0.3, -0.25) is 19.1 Å². The van der Waals surface area contributed by atoms with E-state index in [1.165, 1.54) is 20.2 Å². The van der Waals surface area contributed by atoms with Gasteiger partial charge in [-0.1, -0.05) is 0 Å². The van der Waals surface area contributed by atoms with Gasteiger partial charge in [-0.15, -0.1) is 0 Å². The van der Waals surface area contributed by atoms with Crippen molar-refractivity contribution >= 4 is 17.7 Å². The lowest BCUT2D eigenvalue weighted by atomic mass is 9.86. The van der Waals surface area contributed by atoms with Gasteiger partial charge in [-0.05, 0) is 57.2 Å². The van der Waals surface area contributed by atoms with Crippen LogP contribution >= 0.6 is 0 Å². The first-order valence-corrected chi connectivity index (χ1v) is 12.7. The molecule has 1 aromatic carbocycles. The average molecular weight is 580 g/mol. The second-order valence-electron chi connectivity index (χ2n) is 9.97. The van der Waals surface area contributed by atoms with Crippen molar-refractivity contribution in [3.63, 3.8) is 0 Å². The van der Waals surface area contributed by atoms with E-state index in [4.69, 9.17) is 0 Å². The Bertz CT molecular complexity index is 1440. The van der Waals surface area contributed by atoms with Gasteiger partial charge in [0.1, 0.15) is 18.0 Å². The molecule has 1 aliphatic carbocycles. The molecule has 4 rings (SSSR count). The Labute approximate surface area is 231 Å². The molecule has 2 heterocycles. The maximum absolute atomic E-state index is 14.4. The highest BCUT2D eigenvalue weighted by molar-refractivity contribution is 6.03. The molecule has 0 spiro atoms. The smallest absolute Gasteiger partial charge is 0.433 e. The fourth-order valence-corrected chi connectivity index (χ4v) is 5.19. The molecule has 1 amide bonds. The van der Waals surface area contributed by atoms with Crippen molar-refractivity contribution in [2.24, 2.45) is 5.92 Å². The fourth-order valence-electron chi connectivity index (χ4n) is 5.19. The number of hydrogen-bond acceptors (Lipinski definition) is 6. The molecular formula is C27H26F5N5O4. The summed E-state index contributed by atoms with van der Waals surface area (Å²) in [4.78, 5) is 46.9. The number of aliphatic carboxylic acids is 1. The topological polar surface area (TPSA) is 118 Å². The van der Waals surface area contributed by atoms with Crippen LogP contribution in [0.15, 0.2) is 30.7 Å². The number of carbonyl (C=O) groups is 3. The summed E-state index contributed by atoms with van der Waals surface area (Å²) >= 11 is 0. The van der Waals surface area contributed by atoms with Crippen LogP contribution in [0.1, 0.15) is 75.1 Å². The average Bonchev–Trinajstić information content (AvgIpc) is 3.33. The summed E-state index contributed by atoms with van der Waals surface area (Å²) in [6.07, 6.45) is -2.56. The van der Waals surface area contributed by atoms with Gasteiger partial charge in [-0.25, -0.2) is 18.7 Å². The number of carbonyl (C=O) groups excluding carboxylic acids is 2. The molecule has 1 aliphatic rings. The number of aromatic nitrogens is 4. The Morgan fingerprint density at radius 2 is 1.59 bits per heavy atom. The number of carboxylic acids is 1. The van der Waals surface area contributed by atoms with Crippen molar-refractivity contribution < 1.29 is 41.4 Å². The van der Waals surface area contributed by atoms with Crippen LogP contribution in [0.5, 0.6) is 0 Å². The SMILES string of the molecule is Cc1ncnc(C)c1C(=O)CN(Cc1cc(F)cc(F)c1)C(=O)c1cnn([C@H]2CC[C@H](C(=O)O)CC2)c1C(F)(F)F. The molecule has 1 N–H and O–H groups in total. The van der Waals surface area contributed by atoms with E-state index in [0.717, 1.165) is 23.2 Å². The highest BCUT2D eigenvalue weighted by atomic mass is 19.4. The monoisotopic (exact) mass is 579 g/mol. The minimum absolute atomic E-state index is 0.0673. The highest BCUT2D eigenvalue weighted by Gasteiger charge is 2.43. The molecule has 0 radical (unpaired) electrons. The fraction of sp³-hybridized carbons (Fsp3) is 0.407. The van der Waals surface area contributed by atoms with E-state index in [-0.39, 0.29) is 48.2 Å². The van der Waals surface area contributed by atoms with Gasteiger partial charge in [-0.2, -0.15) is 18.3 Å². The summed E-state index contributed by atoms with van der Waals surface area (Å²) in [6.45, 7) is 1.73. The predicted molar refractivity (Wildman–Crippen MR) is 133 cm³/mol. The number of amides is 1. The summed E-state index contributed by atoms with van der Waals surface area (Å²) in [5.74, 6) is -5.56. The minimum atomic E-state index is -5.04. The lowest BCUT2D eigenvalue weighted by Gasteiger charge is -2.28. The van der Waals surface area contributed by atoms with Crippen molar-refractivity contribution in [3.05, 3.63) is 76.1 Å². The summed E-state index contributed by atoms with van der Waals surface area (Å²) < 4.78 is 71.7. The Hall–Kier alpha value is -4.23. The molecule has 0 unspecified atom stereocenters. The summed E-state index contributed by atoms with van der Waals surface area (Å²) in [5, 5.41) is 13.1. The van der Waals surface area contributed by atoms with Crippen LogP contribution < -0.4 is 0 Å². The number of halogens is 5. The summed E-state index contributed by atoms with van der Waals surface area (Å²) in [6, 6.07) is 1.61. The van der Waals surface area contributed by atoms with Gasteiger partial charge in [0.2, 0.25) is 0 Å². The van der Waals surface area contributed by atoms with Gasteiger partial charge in [0.25, 0.3) is 5.91 Å². The second kappa shape index (κ2) is 11.7. The third-order valence-electron chi connectivity index (χ3n) is 7.11. The molecule has 0 saturated heterocycles. The van der Waals surface area contributed by atoms with Crippen LogP contribution in [0, 0.1) is 31.4 Å². The third kappa shape index (κ3) is 6.57. The molecule has 41 heavy (non-hydrogen) atoms. The molecule has 2 aromatic heterocycles. The number of Topliss-reactive ketones (excluding diaryl/α,β-unsaturated/α-hetero) is 1. The van der Waals surface area contributed by atoms with Crippen LogP contribution in [-0.4, -0.2) is 54.0 Å². The molecule has 3 aromatic rings. The maximum atomic E-state index is 14.4. The van der Waals surface area contributed by atoms with E-state index in [9.17, 15) is 41.4 Å². The number of carboxylic acid groups (broad SMARTS) is 1. The molecule has 14 heteroatoms. The number of aryl methyl sites for hydroxylation is 2. The zero-order valence-corrected chi connectivity index (χ0v) is 22.1. The zero-order chi connectivity index (χ0) is 30.1. The van der Waals surface area contributed by atoms with Gasteiger partial charge in [0.15, 0.2) is 11.5 Å². The molecule has 9 nitrogen and oxygen atoms in total. The van der Waals surface area contributed by atoms with Crippen LogP contribution in [-0.2, 0) is 17.5 Å². The van der Waals surface area contributed by atoms with E-state index in [1.807, 2.05) is 0 Å². The highest BCUT2D eigenvalue weighted by Crippen LogP contribution is 2.39. The van der Waals surface area contributed by atoms with Gasteiger partial charge in [0, 0.05) is 12.6 Å². The first-order valence-electron chi connectivity index (χ1n) is 12.7. The van der Waals surface area contributed by atoms with Crippen LogP contribution in [0.3, 0.4) is 0 Å². The Morgan fingerprint density at radius 3 is 2.12 bits per heavy atom. The number of nitrogens with zero attached hydrogens (tertiary/aromatic N) is 5. The largest absolute Gasteiger partial charge is 0.481 e. The van der Waals surface area contributed by atoms with E-state index < -0.39 is 71.8 Å². The Kier molecular flexibility index (Phi) is 8.50. The number of rotatable bonds is 8. The first-order chi connectivity index (χ1) is 19.3. The van der Waals surface area contributed by atoms with Crippen LogP contribution in [0.2, 0.25) is 0 Å². The van der Waals surface area contributed by atoms with Crippen molar-refractivity contribution in [2.45, 2.75) is 58.3 Å². The normalized spacial score (nSPS) is 17.3. The number of benzene rings is 1. The van der Waals surface area contributed by atoms with Crippen molar-refractivity contribution in [1.29, 1.82) is 0 Å². The lowest BCUT2D eigenvalue weighted by Crippen LogP contribution is -2.37. The van der Waals surface area contributed by atoms with Crippen molar-refractivity contribution in [3.8, 4) is 0 Å². The van der Waals surface area contributed by atoms with Gasteiger partial charge < -0.3 is 10.0 Å². The van der Waals surface area contributed by atoms with Crippen molar-refractivity contribution in [2.75, 3.05) is 6.54 Å². The predicted octanol–water partition coefficient (Wildman–Crippen LogP) is 4.93. The molecule has 218 valence electrons. The van der Waals surface area contributed by atoms with Crippen LogP contribution in [0.25, 0.3) is 0 Å².